The second-order valence-corrected chi connectivity index (χ2v) is 15.0. The highest BCUT2D eigenvalue weighted by molar-refractivity contribution is 7.20. The van der Waals surface area contributed by atoms with Gasteiger partial charge in [0.25, 0.3) is 0 Å². The lowest BCUT2D eigenvalue weighted by atomic mass is 9.12. The molecule has 0 radical (unpaired) electrons. The van der Waals surface area contributed by atoms with Crippen LogP contribution in [0, 0.1) is 0 Å². The average molecular weight is 1010 g/mol. The Kier molecular flexibility index (Phi) is 14.9. The molecule has 0 saturated carbocycles. The van der Waals surface area contributed by atoms with Gasteiger partial charge >= 0.3 is 49.4 Å². The molecule has 5 rings (SSSR count). The van der Waals surface area contributed by atoms with E-state index in [9.17, 15) is 105 Å². The maximum Gasteiger partial charge on any atom is 0.416 e. The highest BCUT2D eigenvalue weighted by atomic mass is 19.4. The molecule has 0 saturated heterocycles. The number of hydrogen-bond acceptors (Lipinski definition) is 0. The number of quaternary nitrogens is 1. The minimum absolute atomic E-state index is 0.691. The Bertz CT molecular complexity index is 2170. The topological polar surface area (TPSA) is 27.6 Å². The first kappa shape index (κ1) is 55.0. The van der Waals surface area contributed by atoms with Gasteiger partial charge in [0.15, 0.2) is 0 Å². The number of rotatable bonds is 6. The molecule has 0 aromatic heterocycles. The summed E-state index contributed by atoms with van der Waals surface area (Å²) in [7, 11) is 0. The summed E-state index contributed by atoms with van der Waals surface area (Å²) in [6.45, 7) is 4.37. The van der Waals surface area contributed by atoms with Crippen molar-refractivity contribution in [3.63, 3.8) is 0 Å². The van der Waals surface area contributed by atoms with E-state index >= 15 is 0 Å². The van der Waals surface area contributed by atoms with Crippen molar-refractivity contribution in [1.29, 1.82) is 0 Å². The summed E-state index contributed by atoms with van der Waals surface area (Å²) < 4.78 is 341. The molecule has 3 N–H and O–H groups in total. The molecule has 26 heteroatoms. The third kappa shape index (κ3) is 12.2. The summed E-state index contributed by atoms with van der Waals surface area (Å²) >= 11 is 0. The Morgan fingerprint density at radius 3 is 0.676 bits per heavy atom. The van der Waals surface area contributed by atoms with Crippen molar-refractivity contribution >= 4 is 33.7 Å². The maximum atomic E-state index is 14.2. The van der Waals surface area contributed by atoms with Gasteiger partial charge in [-0.1, -0.05) is 74.5 Å². The highest BCUT2D eigenvalue weighted by Gasteiger charge is 2.47. The number of halogens is 24. The minimum atomic E-state index is -6.13. The van der Waals surface area contributed by atoms with Gasteiger partial charge in [-0.2, -0.15) is 127 Å². The van der Waals surface area contributed by atoms with Crippen LogP contribution in [-0.2, 0) is 62.3 Å². The second-order valence-electron chi connectivity index (χ2n) is 15.0. The van der Waals surface area contributed by atoms with Crippen molar-refractivity contribution < 1.29 is 111 Å². The monoisotopic (exact) mass is 1010 g/mol. The Hall–Kier alpha value is -5.56. The fourth-order valence-electron chi connectivity index (χ4n) is 7.54. The van der Waals surface area contributed by atoms with E-state index < -0.39 is 195 Å². The second kappa shape index (κ2) is 18.4. The van der Waals surface area contributed by atoms with Crippen molar-refractivity contribution in [1.82, 2.24) is 0 Å². The average Bonchev–Trinajstić information content (AvgIpc) is 3.18. The number of benzene rings is 5. The van der Waals surface area contributed by atoms with E-state index in [2.05, 4.69) is 37.8 Å². The number of hydrogen-bond donors (Lipinski definition) is 1. The number of alkyl halides is 24. The van der Waals surface area contributed by atoms with E-state index in [1.54, 1.807) is 0 Å². The molecule has 0 spiro atoms. The van der Waals surface area contributed by atoms with Crippen LogP contribution >= 0.6 is 0 Å². The van der Waals surface area contributed by atoms with Crippen LogP contribution in [0.3, 0.4) is 0 Å². The molecule has 0 atom stereocenters. The molecule has 5 aromatic carbocycles. The Labute approximate surface area is 367 Å². The molecule has 0 fully saturated rings. The quantitative estimate of drug-likeness (QED) is 0.130. The van der Waals surface area contributed by atoms with E-state index in [1.165, 1.54) is 16.8 Å². The summed E-state index contributed by atoms with van der Waals surface area (Å²) in [5.41, 5.74) is -22.1. The molecule has 0 heterocycles. The van der Waals surface area contributed by atoms with Gasteiger partial charge in [-0.3, -0.25) is 0 Å². The third-order valence-corrected chi connectivity index (χ3v) is 10.5. The first-order chi connectivity index (χ1) is 30.6. The van der Waals surface area contributed by atoms with Gasteiger partial charge in [0.2, 0.25) is 0 Å². The molecular formula is C42H28BF24N. The van der Waals surface area contributed by atoms with E-state index in [4.69, 9.17) is 0 Å². The first-order valence-corrected chi connectivity index (χ1v) is 18.8. The van der Waals surface area contributed by atoms with Crippen molar-refractivity contribution in [3.05, 3.63) is 147 Å². The molecule has 68 heavy (non-hydrogen) atoms. The van der Waals surface area contributed by atoms with Gasteiger partial charge in [0.05, 0.1) is 44.5 Å². The van der Waals surface area contributed by atoms with Gasteiger partial charge in [0.1, 0.15) is 11.8 Å². The van der Waals surface area contributed by atoms with E-state index in [0.717, 1.165) is 12.8 Å². The van der Waals surface area contributed by atoms with Crippen molar-refractivity contribution in [2.75, 3.05) is 0 Å². The fraction of sp³-hybridized carbons (Fsp3) is 0.286. The first-order valence-electron chi connectivity index (χ1n) is 18.8. The van der Waals surface area contributed by atoms with Crippen molar-refractivity contribution in [3.8, 4) is 0 Å². The molecule has 0 amide bonds. The molecule has 5 aromatic rings. The van der Waals surface area contributed by atoms with Crippen LogP contribution in [0.1, 0.15) is 69.5 Å². The van der Waals surface area contributed by atoms with Crippen LogP contribution in [0.2, 0.25) is 0 Å². The summed E-state index contributed by atoms with van der Waals surface area (Å²) in [6, 6.07) is -2.46. The third-order valence-electron chi connectivity index (χ3n) is 10.5. The van der Waals surface area contributed by atoms with Gasteiger partial charge in [-0.15, -0.1) is 0 Å². The van der Waals surface area contributed by atoms with Gasteiger partial charge in [0, 0.05) is 5.56 Å². The zero-order valence-corrected chi connectivity index (χ0v) is 33.9. The van der Waals surface area contributed by atoms with Crippen LogP contribution in [0.4, 0.5) is 111 Å². The zero-order chi connectivity index (χ0) is 52.2. The van der Waals surface area contributed by atoms with Crippen LogP contribution in [-0.4, -0.2) is 6.15 Å². The summed E-state index contributed by atoms with van der Waals surface area (Å²) in [6.07, 6.45) is -52.6. The van der Waals surface area contributed by atoms with Crippen LogP contribution in [0.5, 0.6) is 0 Å². The maximum absolute atomic E-state index is 14.2. The van der Waals surface area contributed by atoms with Crippen LogP contribution in [0.15, 0.2) is 91.0 Å². The molecule has 0 bridgehead atoms. The molecule has 0 aliphatic rings. The SMILES string of the molecule is CCc1cccc([NH3+])c1CC.FC(F)(F)c1cc([B-](c2cc(C(F)(F)F)cc(C(F)(F)F)c2)(c2cc(C(F)(F)F)cc(C(F)(F)F)c2)c2cc(C(F)(F)F)cc(C(F)(F)F)c2)cc(C(F)(F)F)c1. The minimum Gasteiger partial charge on any atom is -0.325 e. The zero-order valence-electron chi connectivity index (χ0n) is 33.9. The van der Waals surface area contributed by atoms with Gasteiger partial charge in [-0.05, 0) is 48.7 Å². The van der Waals surface area contributed by atoms with Crippen LogP contribution < -0.4 is 27.6 Å². The van der Waals surface area contributed by atoms with E-state index in [0.29, 0.717) is 0 Å². The lowest BCUT2D eigenvalue weighted by Gasteiger charge is -2.46. The Morgan fingerprint density at radius 1 is 0.324 bits per heavy atom. The fourth-order valence-corrected chi connectivity index (χ4v) is 7.54. The lowest BCUT2D eigenvalue weighted by Crippen LogP contribution is -2.75. The van der Waals surface area contributed by atoms with Crippen molar-refractivity contribution in [2.45, 2.75) is 76.1 Å². The smallest absolute Gasteiger partial charge is 0.325 e. The summed E-state index contributed by atoms with van der Waals surface area (Å²) in [4.78, 5) is 0. The largest absolute Gasteiger partial charge is 0.416 e. The van der Waals surface area contributed by atoms with Crippen molar-refractivity contribution in [2.24, 2.45) is 0 Å². The van der Waals surface area contributed by atoms with Gasteiger partial charge in [-0.25, -0.2) is 0 Å². The normalized spacial score (nSPS) is 13.6. The van der Waals surface area contributed by atoms with E-state index in [1.807, 2.05) is 0 Å². The molecule has 1 nitrogen and oxygen atoms in total. The molecular weight excluding hydrogens is 985 g/mol. The standard InChI is InChI=1S/C32H12BF24.C10H15N/c34-25(35,36)13-1-14(26(37,38)39)6-21(5-13)33(22-7-15(27(40,41)42)2-16(8-22)28(43,44)45,23-9-17(29(46,47)48)3-18(10-23)30(49,50)51)24-11-19(31(52,53)54)4-20(12-24)32(55,56)57;1-3-8-6-5-7-10(11)9(8)4-2/h1-12H;5-7H,3-4,11H2,1-2H3/q-1;/p+1. The van der Waals surface area contributed by atoms with Crippen LogP contribution in [0.25, 0.3) is 0 Å². The van der Waals surface area contributed by atoms with E-state index in [-0.39, 0.29) is 0 Å². The Morgan fingerprint density at radius 2 is 0.529 bits per heavy atom. The molecule has 372 valence electrons. The molecule has 0 aliphatic carbocycles. The number of aryl methyl sites for hydroxylation is 1. The molecule has 0 unspecified atom stereocenters. The predicted octanol–water partition coefficient (Wildman–Crippen LogP) is 12.9. The highest BCUT2D eigenvalue weighted by Crippen LogP contribution is 2.41. The molecule has 0 aliphatic heterocycles. The predicted molar refractivity (Wildman–Crippen MR) is 198 cm³/mol. The van der Waals surface area contributed by atoms with Gasteiger partial charge < -0.3 is 5.73 Å². The summed E-state index contributed by atoms with van der Waals surface area (Å²) in [5, 5.41) is 0. The lowest BCUT2D eigenvalue weighted by molar-refractivity contribution is -0.255. The summed E-state index contributed by atoms with van der Waals surface area (Å²) in [5.74, 6) is 0. The Balaban J connectivity index is 0.000000802.